The summed E-state index contributed by atoms with van der Waals surface area (Å²) in [5, 5.41) is 9.96. The minimum absolute atomic E-state index is 0. The molecule has 1 saturated heterocycles. The van der Waals surface area contributed by atoms with Crippen LogP contribution in [0.25, 0.3) is 10.1 Å². The van der Waals surface area contributed by atoms with Gasteiger partial charge in [-0.05, 0) is 35.2 Å². The lowest BCUT2D eigenvalue weighted by atomic mass is 10.1. The van der Waals surface area contributed by atoms with Gasteiger partial charge in [-0.2, -0.15) is 0 Å². The van der Waals surface area contributed by atoms with Gasteiger partial charge in [0.05, 0.1) is 0 Å². The molecule has 2 heterocycles. The van der Waals surface area contributed by atoms with E-state index in [9.17, 15) is 4.79 Å². The van der Waals surface area contributed by atoms with Gasteiger partial charge in [0.1, 0.15) is 0 Å². The summed E-state index contributed by atoms with van der Waals surface area (Å²) in [6.07, 6.45) is 2.52. The maximum absolute atomic E-state index is 11.9. The van der Waals surface area contributed by atoms with Gasteiger partial charge in [0.2, 0.25) is 5.91 Å². The van der Waals surface area contributed by atoms with Crippen LogP contribution in [0.3, 0.4) is 0 Å². The molecule has 0 spiro atoms. The summed E-state index contributed by atoms with van der Waals surface area (Å²) in [6, 6.07) is 8.50. The number of benzene rings is 1. The van der Waals surface area contributed by atoms with Crippen LogP contribution in [0.5, 0.6) is 0 Å². The second-order valence-corrected chi connectivity index (χ2v) is 6.96. The molecule has 1 fully saturated rings. The van der Waals surface area contributed by atoms with Crippen molar-refractivity contribution < 1.29 is 4.79 Å². The Morgan fingerprint density at radius 2 is 2.04 bits per heavy atom. The van der Waals surface area contributed by atoms with Crippen LogP contribution in [0.2, 0.25) is 0 Å². The molecule has 0 bridgehead atoms. The van der Waals surface area contributed by atoms with Crippen LogP contribution < -0.4 is 10.6 Å². The van der Waals surface area contributed by atoms with Gasteiger partial charge in [-0.15, -0.1) is 23.7 Å². The summed E-state index contributed by atoms with van der Waals surface area (Å²) in [5.74, 6) is 0.180. The van der Waals surface area contributed by atoms with E-state index < -0.39 is 0 Å². The van der Waals surface area contributed by atoms with E-state index in [1.807, 2.05) is 0 Å². The van der Waals surface area contributed by atoms with Gasteiger partial charge >= 0.3 is 0 Å². The van der Waals surface area contributed by atoms with E-state index in [1.54, 1.807) is 11.3 Å². The summed E-state index contributed by atoms with van der Waals surface area (Å²) in [5.41, 5.74) is 1.37. The van der Waals surface area contributed by atoms with Crippen molar-refractivity contribution in [2.24, 2.45) is 0 Å². The van der Waals surface area contributed by atoms with Gasteiger partial charge in [-0.3, -0.25) is 9.69 Å². The third-order valence-electron chi connectivity index (χ3n) is 4.37. The van der Waals surface area contributed by atoms with Gasteiger partial charge in [0.15, 0.2) is 0 Å². The van der Waals surface area contributed by atoms with Gasteiger partial charge < -0.3 is 10.6 Å². The highest BCUT2D eigenvalue weighted by Gasteiger charge is 2.09. The average Bonchev–Trinajstić information content (AvgIpc) is 2.99. The fourth-order valence-corrected chi connectivity index (χ4v) is 4.04. The lowest BCUT2D eigenvalue weighted by Crippen LogP contribution is -2.46. The first kappa shape index (κ1) is 19.2. The van der Waals surface area contributed by atoms with Crippen LogP contribution >= 0.6 is 23.7 Å². The minimum atomic E-state index is 0. The number of aryl methyl sites for hydroxylation is 1. The van der Waals surface area contributed by atoms with Crippen LogP contribution in [-0.4, -0.2) is 50.1 Å². The van der Waals surface area contributed by atoms with Crippen molar-refractivity contribution in [3.8, 4) is 0 Å². The number of hydrogen-bond acceptors (Lipinski definition) is 4. The molecule has 132 valence electrons. The zero-order chi connectivity index (χ0) is 15.9. The lowest BCUT2D eigenvalue weighted by Gasteiger charge is -2.27. The number of amides is 1. The van der Waals surface area contributed by atoms with E-state index in [4.69, 9.17) is 0 Å². The molecule has 2 aromatic rings. The Kier molecular flexibility index (Phi) is 7.99. The van der Waals surface area contributed by atoms with Gasteiger partial charge in [-0.25, -0.2) is 0 Å². The van der Waals surface area contributed by atoms with Crippen molar-refractivity contribution in [2.75, 3.05) is 39.3 Å². The van der Waals surface area contributed by atoms with Crippen molar-refractivity contribution in [1.82, 2.24) is 15.5 Å². The Balaban J connectivity index is 0.00000208. The summed E-state index contributed by atoms with van der Waals surface area (Å²) in [7, 11) is 0. The first-order valence-corrected chi connectivity index (χ1v) is 9.36. The summed E-state index contributed by atoms with van der Waals surface area (Å²) >= 11 is 1.79. The molecule has 3 rings (SSSR count). The highest BCUT2D eigenvalue weighted by atomic mass is 35.5. The first-order valence-electron chi connectivity index (χ1n) is 8.48. The van der Waals surface area contributed by atoms with E-state index in [0.717, 1.165) is 52.1 Å². The predicted molar refractivity (Wildman–Crippen MR) is 104 cm³/mol. The Labute approximate surface area is 154 Å². The number of halogens is 1. The van der Waals surface area contributed by atoms with E-state index in [0.29, 0.717) is 6.42 Å². The fraction of sp³-hybridized carbons (Fsp3) is 0.500. The van der Waals surface area contributed by atoms with Gasteiger partial charge in [0, 0.05) is 50.4 Å². The van der Waals surface area contributed by atoms with Crippen molar-refractivity contribution in [2.45, 2.75) is 19.3 Å². The van der Waals surface area contributed by atoms with Crippen molar-refractivity contribution in [3.63, 3.8) is 0 Å². The number of nitrogens with one attached hydrogen (secondary N) is 2. The molecule has 2 N–H and O–H groups in total. The largest absolute Gasteiger partial charge is 0.355 e. The van der Waals surface area contributed by atoms with E-state index in [1.165, 1.54) is 15.6 Å². The molecule has 0 atom stereocenters. The lowest BCUT2D eigenvalue weighted by molar-refractivity contribution is -0.121. The average molecular weight is 368 g/mol. The Hall–Kier alpha value is -1.14. The molecule has 1 amide bonds. The SMILES string of the molecule is Cl.O=C(CCCc1csc2ccccc12)NCCN1CCNCC1. The van der Waals surface area contributed by atoms with Crippen LogP contribution in [0.15, 0.2) is 29.6 Å². The minimum Gasteiger partial charge on any atom is -0.355 e. The van der Waals surface area contributed by atoms with Gasteiger partial charge in [-0.1, -0.05) is 18.2 Å². The number of fused-ring (bicyclic) bond motifs is 1. The number of thiophene rings is 1. The molecule has 0 aliphatic carbocycles. The summed E-state index contributed by atoms with van der Waals surface area (Å²) < 4.78 is 1.34. The van der Waals surface area contributed by atoms with Crippen molar-refractivity contribution in [1.29, 1.82) is 0 Å². The maximum Gasteiger partial charge on any atom is 0.220 e. The number of carbonyl (C=O) groups is 1. The standard InChI is InChI=1S/C18H25N3OS.ClH/c22-18(20-10-13-21-11-8-19-9-12-21)7-3-4-15-14-23-17-6-2-1-5-16(15)17;/h1-2,5-6,14,19H,3-4,7-13H2,(H,20,22);1H. The second kappa shape index (κ2) is 9.99. The number of nitrogens with zero attached hydrogens (tertiary/aromatic N) is 1. The van der Waals surface area contributed by atoms with Crippen LogP contribution in [-0.2, 0) is 11.2 Å². The molecule has 0 unspecified atom stereocenters. The predicted octanol–water partition coefficient (Wildman–Crippen LogP) is 2.67. The molecule has 1 aliphatic heterocycles. The van der Waals surface area contributed by atoms with E-state index >= 15 is 0 Å². The quantitative estimate of drug-likeness (QED) is 0.790. The smallest absolute Gasteiger partial charge is 0.220 e. The van der Waals surface area contributed by atoms with Gasteiger partial charge in [0.25, 0.3) is 0 Å². The molecule has 0 saturated carbocycles. The maximum atomic E-state index is 11.9. The number of hydrogen-bond donors (Lipinski definition) is 2. The normalized spacial score (nSPS) is 15.2. The zero-order valence-electron chi connectivity index (χ0n) is 13.9. The Morgan fingerprint density at radius 3 is 2.88 bits per heavy atom. The van der Waals surface area contributed by atoms with Crippen LogP contribution in [0.1, 0.15) is 18.4 Å². The Morgan fingerprint density at radius 1 is 1.25 bits per heavy atom. The number of rotatable bonds is 7. The Bertz CT molecular complexity index is 640. The molecule has 0 radical (unpaired) electrons. The molecule has 1 aliphatic rings. The summed E-state index contributed by atoms with van der Waals surface area (Å²) in [6.45, 7) is 6.01. The second-order valence-electron chi connectivity index (χ2n) is 6.05. The third-order valence-corrected chi connectivity index (χ3v) is 5.38. The first-order chi connectivity index (χ1) is 11.3. The number of carbonyl (C=O) groups excluding carboxylic acids is 1. The van der Waals surface area contributed by atoms with Crippen LogP contribution in [0.4, 0.5) is 0 Å². The topological polar surface area (TPSA) is 44.4 Å². The molecule has 1 aromatic heterocycles. The molecular weight excluding hydrogens is 342 g/mol. The van der Waals surface area contributed by atoms with Crippen molar-refractivity contribution in [3.05, 3.63) is 35.2 Å². The molecular formula is C18H26ClN3OS. The molecule has 1 aromatic carbocycles. The summed E-state index contributed by atoms with van der Waals surface area (Å²) in [4.78, 5) is 14.3. The monoisotopic (exact) mass is 367 g/mol. The molecule has 24 heavy (non-hydrogen) atoms. The van der Waals surface area contributed by atoms with E-state index in [-0.39, 0.29) is 18.3 Å². The van der Waals surface area contributed by atoms with E-state index in [2.05, 4.69) is 45.2 Å². The molecule has 6 heteroatoms. The van der Waals surface area contributed by atoms with Crippen molar-refractivity contribution >= 4 is 39.7 Å². The number of piperazine rings is 1. The highest BCUT2D eigenvalue weighted by molar-refractivity contribution is 7.17. The third kappa shape index (κ3) is 5.45. The zero-order valence-corrected chi connectivity index (χ0v) is 15.6. The fourth-order valence-electron chi connectivity index (χ4n) is 3.04. The highest BCUT2D eigenvalue weighted by Crippen LogP contribution is 2.26. The van der Waals surface area contributed by atoms with Crippen LogP contribution in [0, 0.1) is 0 Å². The molecule has 4 nitrogen and oxygen atoms in total.